The van der Waals surface area contributed by atoms with Gasteiger partial charge in [0.15, 0.2) is 5.57 Å². The summed E-state index contributed by atoms with van der Waals surface area (Å²) in [7, 11) is 0. The van der Waals surface area contributed by atoms with E-state index in [1.54, 1.807) is 6.07 Å². The first-order valence-corrected chi connectivity index (χ1v) is 13.7. The minimum atomic E-state index is -0.0990. The normalized spacial score (nSPS) is 15.8. The summed E-state index contributed by atoms with van der Waals surface area (Å²) in [6.07, 6.45) is 4.02. The first-order valence-electron chi connectivity index (χ1n) is 13.0. The van der Waals surface area contributed by atoms with Gasteiger partial charge in [0.05, 0.1) is 0 Å². The van der Waals surface area contributed by atoms with E-state index in [4.69, 9.17) is 23.2 Å². The first kappa shape index (κ1) is 27.8. The molecular formula is C29H32Cl2N6O. The molecular weight excluding hydrogens is 519 g/mol. The molecule has 1 amide bonds. The van der Waals surface area contributed by atoms with Crippen LogP contribution in [0.2, 0.25) is 10.0 Å². The average molecular weight is 552 g/mol. The Morgan fingerprint density at radius 2 is 1.63 bits per heavy atom. The van der Waals surface area contributed by atoms with Gasteiger partial charge in [-0.25, -0.2) is 0 Å². The lowest BCUT2D eigenvalue weighted by atomic mass is 10.0. The first-order chi connectivity index (χ1) is 18.4. The highest BCUT2D eigenvalue weighted by Gasteiger charge is 2.29. The number of piperidine rings is 1. The van der Waals surface area contributed by atoms with Gasteiger partial charge in [-0.15, -0.1) is 0 Å². The van der Waals surface area contributed by atoms with Crippen molar-refractivity contribution in [3.05, 3.63) is 74.5 Å². The molecule has 4 rings (SSSR count). The number of halogens is 2. The number of carbonyl (C=O) groups is 1. The summed E-state index contributed by atoms with van der Waals surface area (Å²) >= 11 is 12.3. The average Bonchev–Trinajstić information content (AvgIpc) is 3.28. The second kappa shape index (κ2) is 13.0. The molecule has 9 heteroatoms. The Hall–Kier alpha value is -3.23. The fourth-order valence-electron chi connectivity index (χ4n) is 5.19. The molecule has 0 unspecified atom stereocenters. The van der Waals surface area contributed by atoms with Crippen LogP contribution in [-0.2, 0) is 17.9 Å². The molecule has 2 aliphatic heterocycles. The number of nitrogens with one attached hydrogen (secondary N) is 1. The SMILES string of the molecule is Cc1c(CN2CCCCC2)cccc1NC(=O)CCN1CCN(Cc2cc(Cl)cc(Cl)c2)C1=C(C#N)C#N. The molecule has 0 aliphatic carbocycles. The molecule has 2 aromatic carbocycles. The molecule has 7 nitrogen and oxygen atoms in total. The lowest BCUT2D eigenvalue weighted by molar-refractivity contribution is -0.116. The number of amides is 1. The number of carbonyl (C=O) groups excluding carboxylic acids is 1. The van der Waals surface area contributed by atoms with Crippen LogP contribution in [0.25, 0.3) is 0 Å². The van der Waals surface area contributed by atoms with Gasteiger partial charge in [-0.1, -0.05) is 41.8 Å². The van der Waals surface area contributed by atoms with Crippen LogP contribution in [0.4, 0.5) is 5.69 Å². The van der Waals surface area contributed by atoms with Crippen molar-refractivity contribution < 1.29 is 4.79 Å². The molecule has 2 saturated heterocycles. The predicted molar refractivity (Wildman–Crippen MR) is 150 cm³/mol. The number of nitriles is 2. The van der Waals surface area contributed by atoms with Gasteiger partial charge >= 0.3 is 0 Å². The Balaban J connectivity index is 1.40. The van der Waals surface area contributed by atoms with Crippen LogP contribution < -0.4 is 5.32 Å². The maximum absolute atomic E-state index is 12.9. The molecule has 2 aromatic rings. The number of allylic oxidation sites excluding steroid dienone is 1. The molecule has 2 fully saturated rings. The topological polar surface area (TPSA) is 86.4 Å². The summed E-state index contributed by atoms with van der Waals surface area (Å²) in [6.45, 7) is 7.27. The van der Waals surface area contributed by atoms with E-state index < -0.39 is 0 Å². The Morgan fingerprint density at radius 3 is 2.32 bits per heavy atom. The van der Waals surface area contributed by atoms with Crippen molar-refractivity contribution in [3.8, 4) is 12.1 Å². The van der Waals surface area contributed by atoms with Gasteiger partial charge in [-0.3, -0.25) is 9.69 Å². The van der Waals surface area contributed by atoms with Gasteiger partial charge in [0.1, 0.15) is 18.0 Å². The number of nitrogens with zero attached hydrogens (tertiary/aromatic N) is 5. The predicted octanol–water partition coefficient (Wildman–Crippen LogP) is 5.69. The summed E-state index contributed by atoms with van der Waals surface area (Å²) in [6, 6.07) is 15.4. The third-order valence-electron chi connectivity index (χ3n) is 7.15. The van der Waals surface area contributed by atoms with E-state index in [1.807, 2.05) is 46.2 Å². The zero-order chi connectivity index (χ0) is 27.1. The number of benzene rings is 2. The third-order valence-corrected chi connectivity index (χ3v) is 7.59. The number of hydrogen-bond donors (Lipinski definition) is 1. The Labute approximate surface area is 234 Å². The Morgan fingerprint density at radius 1 is 0.947 bits per heavy atom. The quantitative estimate of drug-likeness (QED) is 0.424. The maximum Gasteiger partial charge on any atom is 0.226 e. The lowest BCUT2D eigenvalue weighted by Crippen LogP contribution is -2.29. The fourth-order valence-corrected chi connectivity index (χ4v) is 5.76. The highest BCUT2D eigenvalue weighted by Crippen LogP contribution is 2.27. The molecule has 1 N–H and O–H groups in total. The van der Waals surface area contributed by atoms with Crippen molar-refractivity contribution in [3.63, 3.8) is 0 Å². The maximum atomic E-state index is 12.9. The standard InChI is InChI=1S/C29H32Cl2N6O/c1-21-23(20-35-9-3-2-4-10-35)6-5-7-27(21)34-28(38)8-11-36-12-13-37(29(36)24(17-32)18-33)19-22-14-25(30)16-26(31)15-22/h5-7,14-16H,2-4,8-13,19-20H2,1H3,(H,34,38). The van der Waals surface area contributed by atoms with Crippen molar-refractivity contribution in [2.45, 2.75) is 45.7 Å². The van der Waals surface area contributed by atoms with E-state index in [1.165, 1.54) is 24.8 Å². The van der Waals surface area contributed by atoms with Gasteiger partial charge in [0.2, 0.25) is 5.91 Å². The second-order valence-electron chi connectivity index (χ2n) is 9.83. The van der Waals surface area contributed by atoms with Crippen molar-refractivity contribution in [1.29, 1.82) is 10.5 Å². The Bertz CT molecular complexity index is 1250. The van der Waals surface area contributed by atoms with Crippen molar-refractivity contribution in [2.75, 3.05) is 38.0 Å². The van der Waals surface area contributed by atoms with Crippen LogP contribution in [0.5, 0.6) is 0 Å². The molecule has 0 saturated carbocycles. The van der Waals surface area contributed by atoms with E-state index in [0.29, 0.717) is 42.0 Å². The van der Waals surface area contributed by atoms with E-state index >= 15 is 0 Å². The second-order valence-corrected chi connectivity index (χ2v) is 10.7. The highest BCUT2D eigenvalue weighted by molar-refractivity contribution is 6.34. The van der Waals surface area contributed by atoms with Crippen LogP contribution in [0, 0.1) is 29.6 Å². The van der Waals surface area contributed by atoms with Crippen LogP contribution >= 0.6 is 23.2 Å². The third kappa shape index (κ3) is 6.99. The lowest BCUT2D eigenvalue weighted by Gasteiger charge is -2.27. The van der Waals surface area contributed by atoms with Gasteiger partial charge in [0, 0.05) is 54.9 Å². The van der Waals surface area contributed by atoms with Crippen molar-refractivity contribution in [2.24, 2.45) is 0 Å². The minimum absolute atomic E-state index is 0.0253. The number of likely N-dealkylation sites (tertiary alicyclic amines) is 1. The van der Waals surface area contributed by atoms with Crippen molar-refractivity contribution in [1.82, 2.24) is 14.7 Å². The van der Waals surface area contributed by atoms with Crippen LogP contribution in [-0.4, -0.2) is 53.3 Å². The summed E-state index contributed by atoms with van der Waals surface area (Å²) < 4.78 is 0. The molecule has 2 aliphatic rings. The number of anilines is 1. The van der Waals surface area contributed by atoms with Gasteiger partial charge in [-0.2, -0.15) is 10.5 Å². The molecule has 198 valence electrons. The summed E-state index contributed by atoms with van der Waals surface area (Å²) in [5.41, 5.74) is 4.07. The molecule has 0 atom stereocenters. The molecule has 0 radical (unpaired) electrons. The number of rotatable bonds is 8. The van der Waals surface area contributed by atoms with E-state index in [-0.39, 0.29) is 17.9 Å². The summed E-state index contributed by atoms with van der Waals surface area (Å²) in [5, 5.41) is 23.4. The monoisotopic (exact) mass is 550 g/mol. The summed E-state index contributed by atoms with van der Waals surface area (Å²) in [4.78, 5) is 19.3. The molecule has 2 heterocycles. The van der Waals surface area contributed by atoms with Crippen LogP contribution in [0.1, 0.15) is 42.4 Å². The van der Waals surface area contributed by atoms with Gasteiger partial charge in [-0.05, 0) is 73.8 Å². The van der Waals surface area contributed by atoms with Crippen LogP contribution in [0.15, 0.2) is 47.8 Å². The largest absolute Gasteiger partial charge is 0.354 e. The molecule has 0 bridgehead atoms. The number of hydrogen-bond acceptors (Lipinski definition) is 6. The highest BCUT2D eigenvalue weighted by atomic mass is 35.5. The molecule has 0 spiro atoms. The van der Waals surface area contributed by atoms with E-state index in [0.717, 1.165) is 36.4 Å². The van der Waals surface area contributed by atoms with Gasteiger partial charge < -0.3 is 15.1 Å². The van der Waals surface area contributed by atoms with E-state index in [2.05, 4.69) is 23.2 Å². The van der Waals surface area contributed by atoms with Crippen LogP contribution in [0.3, 0.4) is 0 Å². The molecule has 0 aromatic heterocycles. The smallest absolute Gasteiger partial charge is 0.226 e. The molecule has 38 heavy (non-hydrogen) atoms. The summed E-state index contributed by atoms with van der Waals surface area (Å²) in [5.74, 6) is 0.441. The zero-order valence-electron chi connectivity index (χ0n) is 21.6. The Kier molecular flexibility index (Phi) is 9.53. The fraction of sp³-hybridized carbons (Fsp3) is 0.414. The van der Waals surface area contributed by atoms with Crippen molar-refractivity contribution >= 4 is 34.8 Å². The zero-order valence-corrected chi connectivity index (χ0v) is 23.2. The van der Waals surface area contributed by atoms with E-state index in [9.17, 15) is 15.3 Å². The minimum Gasteiger partial charge on any atom is -0.354 e. The van der Waals surface area contributed by atoms with Gasteiger partial charge in [0.25, 0.3) is 0 Å².